The van der Waals surface area contributed by atoms with Gasteiger partial charge in [0.25, 0.3) is 0 Å². The van der Waals surface area contributed by atoms with E-state index in [1.54, 1.807) is 6.92 Å². The predicted molar refractivity (Wildman–Crippen MR) is 23.5 cm³/mol. The quantitative estimate of drug-likeness (QED) is 0.368. The van der Waals surface area contributed by atoms with Crippen LogP contribution in [0.3, 0.4) is 0 Å². The third-order valence-electron chi connectivity index (χ3n) is 0.454. The molecule has 2 N–H and O–H groups in total. The third-order valence-corrected chi connectivity index (χ3v) is 0.454. The van der Waals surface area contributed by atoms with Crippen LogP contribution in [-0.4, -0.2) is 11.4 Å². The Labute approximate surface area is 91.2 Å². The van der Waals surface area contributed by atoms with Gasteiger partial charge in [-0.3, -0.25) is 0 Å². The molecular formula is C4H9KO3. The first kappa shape index (κ1) is 16.0. The first-order valence-corrected chi connectivity index (χ1v) is 1.97. The minimum Gasteiger partial charge on any atom is -0.550 e. The standard InChI is InChI=1S/C4H8O2.K.H2O/c1-2-3-4(5)6;;/h2-3H2,1H3,(H,5,6);;1H2/q;+1;/p-1. The Bertz CT molecular complexity index is 55.2. The summed E-state index contributed by atoms with van der Waals surface area (Å²) in [5.41, 5.74) is 0. The maximum Gasteiger partial charge on any atom is 1.00 e. The maximum atomic E-state index is 9.49. The molecule has 0 aliphatic carbocycles. The van der Waals surface area contributed by atoms with Gasteiger partial charge in [-0.05, 0) is 6.42 Å². The van der Waals surface area contributed by atoms with Crippen molar-refractivity contribution in [2.75, 3.05) is 0 Å². The predicted octanol–water partition coefficient (Wildman–Crippen LogP) is -4.28. The van der Waals surface area contributed by atoms with Gasteiger partial charge in [-0.15, -0.1) is 0 Å². The second-order valence-electron chi connectivity index (χ2n) is 1.12. The smallest absolute Gasteiger partial charge is 0.550 e. The van der Waals surface area contributed by atoms with Gasteiger partial charge in [0.15, 0.2) is 0 Å². The summed E-state index contributed by atoms with van der Waals surface area (Å²) < 4.78 is 0. The second kappa shape index (κ2) is 10.9. The van der Waals surface area contributed by atoms with E-state index in [-0.39, 0.29) is 63.3 Å². The zero-order chi connectivity index (χ0) is 4.99. The van der Waals surface area contributed by atoms with Crippen molar-refractivity contribution in [1.82, 2.24) is 0 Å². The molecule has 3 nitrogen and oxygen atoms in total. The summed E-state index contributed by atoms with van der Waals surface area (Å²) in [6.45, 7) is 1.80. The molecule has 8 heavy (non-hydrogen) atoms. The Hall–Kier alpha value is 1.07. The van der Waals surface area contributed by atoms with Crippen LogP contribution in [0.15, 0.2) is 0 Å². The molecule has 4 heteroatoms. The molecule has 0 saturated heterocycles. The number of aliphatic carboxylic acids is 1. The molecule has 0 aromatic heterocycles. The molecule has 0 rings (SSSR count). The normalized spacial score (nSPS) is 6.12. The molecule has 0 unspecified atom stereocenters. The molecule has 0 saturated carbocycles. The molecule has 0 aliphatic heterocycles. The Kier molecular flexibility index (Phi) is 21.9. The fourth-order valence-electron chi connectivity index (χ4n) is 0.204. The summed E-state index contributed by atoms with van der Waals surface area (Å²) in [5, 5.41) is 9.49. The van der Waals surface area contributed by atoms with Gasteiger partial charge in [-0.1, -0.05) is 13.3 Å². The van der Waals surface area contributed by atoms with E-state index in [1.165, 1.54) is 0 Å². The average Bonchev–Trinajstić information content (AvgIpc) is 1.35. The van der Waals surface area contributed by atoms with Crippen LogP contribution in [0.5, 0.6) is 0 Å². The van der Waals surface area contributed by atoms with Gasteiger partial charge < -0.3 is 15.4 Å². The molecule has 0 atom stereocenters. The van der Waals surface area contributed by atoms with Crippen LogP contribution in [0.25, 0.3) is 0 Å². The summed E-state index contributed by atoms with van der Waals surface area (Å²) in [7, 11) is 0. The van der Waals surface area contributed by atoms with E-state index in [2.05, 4.69) is 0 Å². The van der Waals surface area contributed by atoms with Gasteiger partial charge in [0, 0.05) is 5.97 Å². The maximum absolute atomic E-state index is 9.49. The number of carbonyl (C=O) groups is 1. The Morgan fingerprint density at radius 1 is 1.62 bits per heavy atom. The molecule has 0 bridgehead atoms. The van der Waals surface area contributed by atoms with Crippen molar-refractivity contribution in [1.29, 1.82) is 0 Å². The topological polar surface area (TPSA) is 71.6 Å². The second-order valence-corrected chi connectivity index (χ2v) is 1.12. The summed E-state index contributed by atoms with van der Waals surface area (Å²) in [5.74, 6) is -0.961. The molecule has 0 fully saturated rings. The Morgan fingerprint density at radius 3 is 2.00 bits per heavy atom. The zero-order valence-electron chi connectivity index (χ0n) is 5.23. The molecule has 44 valence electrons. The van der Waals surface area contributed by atoms with Crippen LogP contribution >= 0.6 is 0 Å². The summed E-state index contributed by atoms with van der Waals surface area (Å²) >= 11 is 0. The first-order valence-electron chi connectivity index (χ1n) is 1.97. The number of carboxylic acid groups (broad SMARTS) is 1. The number of carbonyl (C=O) groups excluding carboxylic acids is 1. The molecule has 0 heterocycles. The van der Waals surface area contributed by atoms with Crippen molar-refractivity contribution < 1.29 is 66.8 Å². The van der Waals surface area contributed by atoms with Crippen molar-refractivity contribution >= 4 is 5.97 Å². The van der Waals surface area contributed by atoms with Crippen molar-refractivity contribution in [2.45, 2.75) is 19.8 Å². The van der Waals surface area contributed by atoms with Gasteiger partial charge in [0.05, 0.1) is 0 Å². The monoisotopic (exact) mass is 144 g/mol. The van der Waals surface area contributed by atoms with Crippen molar-refractivity contribution in [3.8, 4) is 0 Å². The van der Waals surface area contributed by atoms with Crippen LogP contribution in [0.2, 0.25) is 0 Å². The Balaban J connectivity index is -0.000000125. The fraction of sp³-hybridized carbons (Fsp3) is 0.750. The Morgan fingerprint density at radius 2 is 2.00 bits per heavy atom. The summed E-state index contributed by atoms with van der Waals surface area (Å²) in [6, 6.07) is 0. The molecular weight excluding hydrogens is 135 g/mol. The van der Waals surface area contributed by atoms with Crippen LogP contribution < -0.4 is 56.5 Å². The number of rotatable bonds is 2. The van der Waals surface area contributed by atoms with Crippen LogP contribution in [0.4, 0.5) is 0 Å². The molecule has 0 aromatic carbocycles. The zero-order valence-corrected chi connectivity index (χ0v) is 8.35. The SMILES string of the molecule is CCCC(=O)[O-].O.[K+]. The van der Waals surface area contributed by atoms with E-state index >= 15 is 0 Å². The van der Waals surface area contributed by atoms with Crippen LogP contribution in [0, 0.1) is 0 Å². The molecule has 0 radical (unpaired) electrons. The van der Waals surface area contributed by atoms with Crippen molar-refractivity contribution in [3.63, 3.8) is 0 Å². The van der Waals surface area contributed by atoms with Crippen LogP contribution in [0.1, 0.15) is 19.8 Å². The van der Waals surface area contributed by atoms with Gasteiger partial charge in [-0.25, -0.2) is 0 Å². The largest absolute Gasteiger partial charge is 1.00 e. The molecule has 0 spiro atoms. The van der Waals surface area contributed by atoms with Crippen molar-refractivity contribution in [3.05, 3.63) is 0 Å². The van der Waals surface area contributed by atoms with E-state index in [1.807, 2.05) is 0 Å². The van der Waals surface area contributed by atoms with Gasteiger partial charge >= 0.3 is 51.4 Å². The summed E-state index contributed by atoms with van der Waals surface area (Å²) in [4.78, 5) is 9.49. The molecule has 0 aromatic rings. The van der Waals surface area contributed by atoms with E-state index in [4.69, 9.17) is 0 Å². The van der Waals surface area contributed by atoms with E-state index in [0.29, 0.717) is 6.42 Å². The third kappa shape index (κ3) is 15.7. The molecule has 0 amide bonds. The van der Waals surface area contributed by atoms with E-state index in [0.717, 1.165) is 0 Å². The number of hydrogen-bond donors (Lipinski definition) is 0. The average molecular weight is 144 g/mol. The number of hydrogen-bond acceptors (Lipinski definition) is 2. The minimum absolute atomic E-state index is 0. The van der Waals surface area contributed by atoms with E-state index in [9.17, 15) is 9.90 Å². The fourth-order valence-corrected chi connectivity index (χ4v) is 0.204. The van der Waals surface area contributed by atoms with Crippen molar-refractivity contribution in [2.24, 2.45) is 0 Å². The van der Waals surface area contributed by atoms with Gasteiger partial charge in [-0.2, -0.15) is 0 Å². The van der Waals surface area contributed by atoms with Gasteiger partial charge in [0.1, 0.15) is 0 Å². The first-order chi connectivity index (χ1) is 2.77. The van der Waals surface area contributed by atoms with Gasteiger partial charge in [0.2, 0.25) is 0 Å². The summed E-state index contributed by atoms with van der Waals surface area (Å²) in [6.07, 6.45) is 0.850. The minimum atomic E-state index is -0.961. The van der Waals surface area contributed by atoms with E-state index < -0.39 is 5.97 Å². The molecule has 0 aliphatic rings. The number of carboxylic acids is 1. The van der Waals surface area contributed by atoms with Crippen LogP contribution in [-0.2, 0) is 4.79 Å².